The van der Waals surface area contributed by atoms with Gasteiger partial charge in [-0.25, -0.2) is 0 Å². The number of nitrogens with zero attached hydrogens (tertiary/aromatic N) is 2. The number of ether oxygens (including phenoxy) is 2. The average Bonchev–Trinajstić information content (AvgIpc) is 3.14. The molecular weight excluding hydrogens is 468 g/mol. The van der Waals surface area contributed by atoms with Crippen LogP contribution in [0.2, 0.25) is 0 Å². The van der Waals surface area contributed by atoms with Crippen molar-refractivity contribution in [2.75, 3.05) is 33.4 Å². The predicted octanol–water partition coefficient (Wildman–Crippen LogP) is 2.40. The van der Waals surface area contributed by atoms with Crippen LogP contribution in [-0.4, -0.2) is 85.0 Å². The minimum atomic E-state index is -0.487. The summed E-state index contributed by atoms with van der Waals surface area (Å²) in [6.45, 7) is 14.9. The van der Waals surface area contributed by atoms with Gasteiger partial charge in [0, 0.05) is 29.2 Å². The highest BCUT2D eigenvalue weighted by Gasteiger charge is 2.71. The summed E-state index contributed by atoms with van der Waals surface area (Å²) in [5, 5.41) is 25.7. The molecule has 0 bridgehead atoms. The summed E-state index contributed by atoms with van der Waals surface area (Å²) < 4.78 is 13.2. The molecule has 6 fully saturated rings. The summed E-state index contributed by atoms with van der Waals surface area (Å²) in [7, 11) is 2.06. The van der Waals surface area contributed by atoms with Gasteiger partial charge < -0.3 is 25.2 Å². The Bertz CT molecular complexity index is 950. The molecule has 3 heterocycles. The van der Waals surface area contributed by atoms with Gasteiger partial charge >= 0.3 is 0 Å². The Morgan fingerprint density at radius 3 is 2.57 bits per heavy atom. The van der Waals surface area contributed by atoms with E-state index in [1.54, 1.807) is 0 Å². The first-order chi connectivity index (χ1) is 17.5. The molecule has 0 aromatic heterocycles. The van der Waals surface area contributed by atoms with Crippen LogP contribution in [0.4, 0.5) is 0 Å². The number of rotatable bonds is 2. The van der Waals surface area contributed by atoms with Crippen molar-refractivity contribution in [1.82, 2.24) is 15.6 Å². The highest BCUT2D eigenvalue weighted by Crippen LogP contribution is 2.68. The lowest BCUT2D eigenvalue weighted by Crippen LogP contribution is -2.75. The fourth-order valence-electron chi connectivity index (χ4n) is 9.83. The van der Waals surface area contributed by atoms with E-state index in [1.807, 2.05) is 0 Å². The summed E-state index contributed by atoms with van der Waals surface area (Å²) >= 11 is 0. The molecule has 8 nitrogen and oxygen atoms in total. The summed E-state index contributed by atoms with van der Waals surface area (Å²) in [4.78, 5) is 12.8. The van der Waals surface area contributed by atoms with Gasteiger partial charge in [-0.2, -0.15) is 5.10 Å². The van der Waals surface area contributed by atoms with Crippen molar-refractivity contribution in [3.63, 3.8) is 0 Å². The third-order valence-electron chi connectivity index (χ3n) is 12.0. The maximum atomic E-state index is 12.8. The van der Waals surface area contributed by atoms with Crippen LogP contribution in [-0.2, 0) is 14.3 Å². The second-order valence-corrected chi connectivity index (χ2v) is 13.9. The van der Waals surface area contributed by atoms with Crippen LogP contribution >= 0.6 is 0 Å². The SMILES string of the molecule is CNC1CC23OC4C(CC2(C)C(C)CCC3C(C)(C)C1=NN1CCOCC1)C(O)CC1C(=O)NC(C)C14. The zero-order valence-corrected chi connectivity index (χ0v) is 23.6. The lowest BCUT2D eigenvalue weighted by molar-refractivity contribution is -0.321. The largest absolute Gasteiger partial charge is 0.393 e. The Morgan fingerprint density at radius 2 is 1.86 bits per heavy atom. The minimum absolute atomic E-state index is 0.0545. The van der Waals surface area contributed by atoms with Crippen molar-refractivity contribution in [3.8, 4) is 0 Å². The Kier molecular flexibility index (Phi) is 6.26. The van der Waals surface area contributed by atoms with Crippen molar-refractivity contribution in [1.29, 1.82) is 0 Å². The van der Waals surface area contributed by atoms with Gasteiger partial charge in [0.05, 0.1) is 55.9 Å². The number of hydrazone groups is 1. The van der Waals surface area contributed by atoms with Crippen LogP contribution in [0.3, 0.4) is 0 Å². The van der Waals surface area contributed by atoms with Gasteiger partial charge in [-0.15, -0.1) is 0 Å². The molecule has 3 saturated heterocycles. The molecule has 37 heavy (non-hydrogen) atoms. The van der Waals surface area contributed by atoms with E-state index in [4.69, 9.17) is 14.6 Å². The zero-order valence-electron chi connectivity index (χ0n) is 23.6. The van der Waals surface area contributed by atoms with Crippen molar-refractivity contribution >= 4 is 11.6 Å². The van der Waals surface area contributed by atoms with Crippen LogP contribution in [0.25, 0.3) is 0 Å². The third-order valence-corrected chi connectivity index (χ3v) is 12.0. The van der Waals surface area contributed by atoms with Crippen LogP contribution in [0.1, 0.15) is 66.7 Å². The van der Waals surface area contributed by atoms with Crippen LogP contribution < -0.4 is 10.6 Å². The quantitative estimate of drug-likeness (QED) is 0.522. The van der Waals surface area contributed by atoms with Crippen molar-refractivity contribution in [2.45, 2.75) is 96.6 Å². The standard InChI is InChI=1S/C29H48N4O4/c1-16-7-8-22-27(3,4)25(32-33-9-11-36-12-10-33)20(30-6)15-29(22)28(16,5)14-19-21(34)13-18-23(24(19)37-29)17(2)31-26(18)35/h16-24,30,34H,7-15H2,1-6H3,(H,31,35). The Balaban J connectivity index is 1.43. The first kappa shape index (κ1) is 26.0. The first-order valence-electron chi connectivity index (χ1n) is 14.8. The minimum Gasteiger partial charge on any atom is -0.393 e. The highest BCUT2D eigenvalue weighted by atomic mass is 16.5. The number of carbonyl (C=O) groups is 1. The second kappa shape index (κ2) is 8.90. The molecule has 0 radical (unpaired) electrons. The van der Waals surface area contributed by atoms with Crippen molar-refractivity contribution in [2.24, 2.45) is 45.5 Å². The number of carbonyl (C=O) groups excluding carboxylic acids is 1. The summed E-state index contributed by atoms with van der Waals surface area (Å²) in [6, 6.07) is 0.188. The fraction of sp³-hybridized carbons (Fsp3) is 0.931. The van der Waals surface area contributed by atoms with Crippen LogP contribution in [0, 0.1) is 40.4 Å². The summed E-state index contributed by atoms with van der Waals surface area (Å²) in [5.74, 6) is 0.965. The monoisotopic (exact) mass is 516 g/mol. The molecular formula is C29H48N4O4. The zero-order chi connectivity index (χ0) is 26.3. The van der Waals surface area contributed by atoms with Crippen molar-refractivity contribution < 1.29 is 19.4 Å². The number of nitrogens with one attached hydrogen (secondary N) is 2. The summed E-state index contributed by atoms with van der Waals surface area (Å²) in [5.41, 5.74) is 0.699. The number of hydrogen-bond acceptors (Lipinski definition) is 7. The van der Waals surface area contributed by atoms with Gasteiger partial charge in [-0.1, -0.05) is 27.7 Å². The molecule has 0 aromatic rings. The van der Waals surface area contributed by atoms with Gasteiger partial charge in [-0.3, -0.25) is 9.80 Å². The molecule has 11 unspecified atom stereocenters. The lowest BCUT2D eigenvalue weighted by atomic mass is 9.41. The number of fused-ring (bicyclic) bond motifs is 3. The van der Waals surface area contributed by atoms with Crippen LogP contribution in [0.15, 0.2) is 5.10 Å². The van der Waals surface area contributed by atoms with Gasteiger partial charge in [0.1, 0.15) is 0 Å². The average molecular weight is 517 g/mol. The third kappa shape index (κ3) is 3.61. The number of morpholine rings is 1. The Hall–Kier alpha value is -1.22. The number of hydrogen-bond donors (Lipinski definition) is 3. The maximum absolute atomic E-state index is 12.8. The number of aliphatic hydroxyl groups is 1. The number of aliphatic hydroxyl groups excluding tert-OH is 1. The number of amides is 1. The Labute approximate surface area is 222 Å². The second-order valence-electron chi connectivity index (χ2n) is 13.9. The fourth-order valence-corrected chi connectivity index (χ4v) is 9.83. The highest BCUT2D eigenvalue weighted by molar-refractivity contribution is 5.95. The van der Waals surface area contributed by atoms with Gasteiger partial charge in [0.25, 0.3) is 0 Å². The van der Waals surface area contributed by atoms with E-state index in [0.717, 1.165) is 45.6 Å². The maximum Gasteiger partial charge on any atom is 0.223 e. The smallest absolute Gasteiger partial charge is 0.223 e. The molecule has 11 atom stereocenters. The molecule has 1 spiro atoms. The molecule has 3 N–H and O–H groups in total. The molecule has 8 heteroatoms. The van der Waals surface area contributed by atoms with E-state index < -0.39 is 6.10 Å². The molecule has 1 amide bonds. The van der Waals surface area contributed by atoms with Crippen LogP contribution in [0.5, 0.6) is 0 Å². The van der Waals surface area contributed by atoms with E-state index in [2.05, 4.69) is 57.3 Å². The van der Waals surface area contributed by atoms with Gasteiger partial charge in [-0.05, 0) is 63.3 Å². The Morgan fingerprint density at radius 1 is 1.14 bits per heavy atom. The molecule has 3 aliphatic heterocycles. The van der Waals surface area contributed by atoms with Crippen molar-refractivity contribution in [3.05, 3.63) is 0 Å². The lowest BCUT2D eigenvalue weighted by Gasteiger charge is -2.71. The molecule has 0 aromatic carbocycles. The van der Waals surface area contributed by atoms with E-state index in [0.29, 0.717) is 18.3 Å². The van der Waals surface area contributed by atoms with Gasteiger partial charge in [0.15, 0.2) is 0 Å². The first-order valence-corrected chi connectivity index (χ1v) is 14.8. The van der Waals surface area contributed by atoms with E-state index >= 15 is 0 Å². The summed E-state index contributed by atoms with van der Waals surface area (Å²) in [6.07, 6.45) is 4.10. The molecule has 3 aliphatic carbocycles. The van der Waals surface area contributed by atoms with E-state index in [-0.39, 0.29) is 58.3 Å². The predicted molar refractivity (Wildman–Crippen MR) is 142 cm³/mol. The molecule has 208 valence electrons. The molecule has 6 rings (SSSR count). The molecule has 3 saturated carbocycles. The normalized spacial score (nSPS) is 52.1. The van der Waals surface area contributed by atoms with Gasteiger partial charge in [0.2, 0.25) is 5.91 Å². The van der Waals surface area contributed by atoms with E-state index in [9.17, 15) is 9.90 Å². The molecule has 6 aliphatic rings. The van der Waals surface area contributed by atoms with E-state index in [1.165, 1.54) is 12.1 Å². The topological polar surface area (TPSA) is 95.4 Å².